The van der Waals surface area contributed by atoms with Crippen LogP contribution in [0.1, 0.15) is 29.5 Å². The van der Waals surface area contributed by atoms with Gasteiger partial charge in [-0.25, -0.2) is 0 Å². The Balaban J connectivity index is 2.82. The molecule has 19 heavy (non-hydrogen) atoms. The van der Waals surface area contributed by atoms with Crippen LogP contribution in [0.5, 0.6) is 0 Å². The Morgan fingerprint density at radius 1 is 1.26 bits per heavy atom. The summed E-state index contributed by atoms with van der Waals surface area (Å²) in [7, 11) is 2.14. The van der Waals surface area contributed by atoms with E-state index in [-0.39, 0.29) is 0 Å². The van der Waals surface area contributed by atoms with Crippen molar-refractivity contribution in [3.05, 3.63) is 66.8 Å². The minimum absolute atomic E-state index is 0.385. The van der Waals surface area contributed by atoms with Gasteiger partial charge < -0.3 is 0 Å². The van der Waals surface area contributed by atoms with Gasteiger partial charge in [0.05, 0.1) is 0 Å². The van der Waals surface area contributed by atoms with Crippen LogP contribution in [0.3, 0.4) is 0 Å². The van der Waals surface area contributed by atoms with Crippen LogP contribution in [0.2, 0.25) is 0 Å². The fourth-order valence-electron chi connectivity index (χ4n) is 2.26. The van der Waals surface area contributed by atoms with Gasteiger partial charge in [-0.2, -0.15) is 0 Å². The van der Waals surface area contributed by atoms with Crippen molar-refractivity contribution >= 4 is 6.08 Å². The van der Waals surface area contributed by atoms with E-state index in [9.17, 15) is 0 Å². The number of rotatable bonds is 8. The lowest BCUT2D eigenvalue weighted by Crippen LogP contribution is -2.29. The van der Waals surface area contributed by atoms with E-state index in [1.54, 1.807) is 0 Å². The second-order valence-corrected chi connectivity index (χ2v) is 4.99. The van der Waals surface area contributed by atoms with Crippen LogP contribution in [0.25, 0.3) is 6.08 Å². The first-order valence-corrected chi connectivity index (χ1v) is 6.78. The lowest BCUT2D eigenvalue weighted by Gasteiger charge is -2.26. The zero-order valence-electron chi connectivity index (χ0n) is 12.2. The van der Waals surface area contributed by atoms with Gasteiger partial charge in [-0.1, -0.05) is 48.6 Å². The zero-order valence-corrected chi connectivity index (χ0v) is 12.2. The lowest BCUT2D eigenvalue weighted by atomic mass is 10.0. The number of hydrogen-bond acceptors (Lipinski definition) is 1. The lowest BCUT2D eigenvalue weighted by molar-refractivity contribution is 0.263. The fourth-order valence-corrected chi connectivity index (χ4v) is 2.26. The van der Waals surface area contributed by atoms with Gasteiger partial charge in [0.1, 0.15) is 0 Å². The molecule has 1 atom stereocenters. The molecular formula is C18H25N. The van der Waals surface area contributed by atoms with E-state index in [2.05, 4.69) is 56.8 Å². The van der Waals surface area contributed by atoms with E-state index in [1.807, 2.05) is 18.2 Å². The van der Waals surface area contributed by atoms with Crippen LogP contribution in [-0.2, 0) is 6.54 Å². The molecule has 1 heteroatoms. The Morgan fingerprint density at radius 3 is 2.58 bits per heavy atom. The molecule has 102 valence electrons. The topological polar surface area (TPSA) is 3.24 Å². The first-order chi connectivity index (χ1) is 9.12. The Morgan fingerprint density at radius 2 is 2.00 bits per heavy atom. The van der Waals surface area contributed by atoms with Crippen molar-refractivity contribution in [2.45, 2.75) is 32.4 Å². The molecule has 0 saturated carbocycles. The molecule has 0 aromatic heterocycles. The van der Waals surface area contributed by atoms with Gasteiger partial charge in [0, 0.05) is 12.6 Å². The molecule has 0 saturated heterocycles. The number of likely N-dealkylation sites (N-methyl/N-ethyl adjacent to an activating group) is 1. The van der Waals surface area contributed by atoms with Gasteiger partial charge in [0.25, 0.3) is 0 Å². The quantitative estimate of drug-likeness (QED) is 0.614. The highest BCUT2D eigenvalue weighted by Gasteiger charge is 2.12. The van der Waals surface area contributed by atoms with E-state index in [1.165, 1.54) is 16.7 Å². The highest BCUT2D eigenvalue weighted by Crippen LogP contribution is 2.17. The van der Waals surface area contributed by atoms with Crippen molar-refractivity contribution in [3.8, 4) is 0 Å². The summed E-state index contributed by atoms with van der Waals surface area (Å²) in [4.78, 5) is 2.33. The summed E-state index contributed by atoms with van der Waals surface area (Å²) in [5.41, 5.74) is 3.82. The fraction of sp³-hybridized carbons (Fsp3) is 0.333. The monoisotopic (exact) mass is 255 g/mol. The molecule has 0 aliphatic carbocycles. The Labute approximate surface area is 118 Å². The van der Waals surface area contributed by atoms with Crippen molar-refractivity contribution in [2.75, 3.05) is 7.05 Å². The van der Waals surface area contributed by atoms with Crippen LogP contribution < -0.4 is 0 Å². The van der Waals surface area contributed by atoms with E-state index >= 15 is 0 Å². The minimum atomic E-state index is 0.385. The van der Waals surface area contributed by atoms with Crippen LogP contribution >= 0.6 is 0 Å². The summed E-state index contributed by atoms with van der Waals surface area (Å²) in [6.45, 7) is 14.7. The average Bonchev–Trinajstić information content (AvgIpc) is 2.40. The number of hydrogen-bond donors (Lipinski definition) is 0. The largest absolute Gasteiger partial charge is 0.296 e. The van der Waals surface area contributed by atoms with Gasteiger partial charge in [0.2, 0.25) is 0 Å². The Bertz CT molecular complexity index is 445. The van der Waals surface area contributed by atoms with Crippen LogP contribution in [0, 0.1) is 6.92 Å². The maximum absolute atomic E-state index is 3.94. The molecule has 0 aliphatic heterocycles. The summed E-state index contributed by atoms with van der Waals surface area (Å²) in [6.07, 6.45) is 8.00. The molecule has 1 nitrogen and oxygen atoms in total. The van der Waals surface area contributed by atoms with Crippen LogP contribution in [-0.4, -0.2) is 18.0 Å². The summed E-state index contributed by atoms with van der Waals surface area (Å²) < 4.78 is 0. The molecule has 1 unspecified atom stereocenters. The molecule has 1 rings (SSSR count). The van der Waals surface area contributed by atoms with Gasteiger partial charge >= 0.3 is 0 Å². The third kappa shape index (κ3) is 4.53. The third-order valence-corrected chi connectivity index (χ3v) is 3.44. The molecular weight excluding hydrogens is 230 g/mol. The standard InChI is InChI=1S/C18H25N/c1-6-9-10-18(8-3)19(5)14-17-13-15(4)11-12-16(17)7-2/h6-8,11-13,18H,1-3,9-10,14H2,4-5H3. The first-order valence-electron chi connectivity index (χ1n) is 6.78. The molecule has 0 heterocycles. The molecule has 1 aromatic rings. The predicted molar refractivity (Wildman–Crippen MR) is 86.2 cm³/mol. The van der Waals surface area contributed by atoms with Crippen molar-refractivity contribution in [1.82, 2.24) is 4.90 Å². The molecule has 0 amide bonds. The molecule has 1 aromatic carbocycles. The second kappa shape index (κ2) is 7.75. The van der Waals surface area contributed by atoms with Gasteiger partial charge in [0.15, 0.2) is 0 Å². The van der Waals surface area contributed by atoms with Gasteiger partial charge in [-0.3, -0.25) is 4.90 Å². The van der Waals surface area contributed by atoms with E-state index in [0.29, 0.717) is 6.04 Å². The highest BCUT2D eigenvalue weighted by molar-refractivity contribution is 5.52. The normalized spacial score (nSPS) is 12.2. The average molecular weight is 255 g/mol. The van der Waals surface area contributed by atoms with Crippen LogP contribution in [0.15, 0.2) is 50.1 Å². The maximum atomic E-state index is 3.94. The van der Waals surface area contributed by atoms with Crippen molar-refractivity contribution in [1.29, 1.82) is 0 Å². The van der Waals surface area contributed by atoms with E-state index < -0.39 is 0 Å². The number of aryl methyl sites for hydroxylation is 1. The minimum Gasteiger partial charge on any atom is -0.296 e. The van der Waals surface area contributed by atoms with Gasteiger partial charge in [-0.15, -0.1) is 13.2 Å². The maximum Gasteiger partial charge on any atom is 0.0279 e. The van der Waals surface area contributed by atoms with Gasteiger partial charge in [-0.05, 0) is 37.9 Å². The van der Waals surface area contributed by atoms with E-state index in [4.69, 9.17) is 0 Å². The summed E-state index contributed by atoms with van der Waals surface area (Å²) >= 11 is 0. The smallest absolute Gasteiger partial charge is 0.0279 e. The summed E-state index contributed by atoms with van der Waals surface area (Å²) in [5.74, 6) is 0. The Hall–Kier alpha value is -1.60. The Kier molecular flexibility index (Phi) is 6.31. The SMILES string of the molecule is C=CCCC(C=C)N(C)Cc1cc(C)ccc1C=C. The van der Waals surface area contributed by atoms with Crippen molar-refractivity contribution in [3.63, 3.8) is 0 Å². The molecule has 0 fully saturated rings. The zero-order chi connectivity index (χ0) is 14.3. The molecule has 0 radical (unpaired) electrons. The first kappa shape index (κ1) is 15.5. The number of allylic oxidation sites excluding steroid dienone is 1. The molecule has 0 bridgehead atoms. The predicted octanol–water partition coefficient (Wildman–Crippen LogP) is 4.59. The molecule has 0 spiro atoms. The van der Waals surface area contributed by atoms with Crippen molar-refractivity contribution < 1.29 is 0 Å². The molecule has 0 N–H and O–H groups in total. The highest BCUT2D eigenvalue weighted by atomic mass is 15.1. The summed E-state index contributed by atoms with van der Waals surface area (Å²) in [6, 6.07) is 6.89. The summed E-state index contributed by atoms with van der Waals surface area (Å²) in [5, 5.41) is 0. The number of nitrogens with zero attached hydrogens (tertiary/aromatic N) is 1. The molecule has 0 aliphatic rings. The number of benzene rings is 1. The van der Waals surface area contributed by atoms with Crippen LogP contribution in [0.4, 0.5) is 0 Å². The third-order valence-electron chi connectivity index (χ3n) is 3.44. The van der Waals surface area contributed by atoms with E-state index in [0.717, 1.165) is 19.4 Å². The van der Waals surface area contributed by atoms with Crippen molar-refractivity contribution in [2.24, 2.45) is 0 Å². The second-order valence-electron chi connectivity index (χ2n) is 4.99.